The van der Waals surface area contributed by atoms with Crippen molar-refractivity contribution in [1.82, 2.24) is 19.5 Å². The number of aromatic nitrogens is 4. The summed E-state index contributed by atoms with van der Waals surface area (Å²) in [5.41, 5.74) is 3.67. The van der Waals surface area contributed by atoms with E-state index in [9.17, 15) is 15.0 Å². The van der Waals surface area contributed by atoms with E-state index in [-0.39, 0.29) is 12.5 Å². The van der Waals surface area contributed by atoms with Crippen LogP contribution >= 0.6 is 0 Å². The summed E-state index contributed by atoms with van der Waals surface area (Å²) in [6.07, 6.45) is 2.66. The highest BCUT2D eigenvalue weighted by molar-refractivity contribution is 5.90. The zero-order valence-corrected chi connectivity index (χ0v) is 16.6. The lowest BCUT2D eigenvalue weighted by molar-refractivity contribution is -0.138. The fourth-order valence-corrected chi connectivity index (χ4v) is 4.05. The molecule has 1 fully saturated rings. The summed E-state index contributed by atoms with van der Waals surface area (Å²) in [6, 6.07) is 4.96. The summed E-state index contributed by atoms with van der Waals surface area (Å²) in [4.78, 5) is 25.2. The van der Waals surface area contributed by atoms with Gasteiger partial charge in [-0.2, -0.15) is 0 Å². The maximum absolute atomic E-state index is 11.7. The normalized spacial score (nSPS) is 16.7. The third kappa shape index (κ3) is 3.35. The van der Waals surface area contributed by atoms with Gasteiger partial charge in [-0.25, -0.2) is 19.7 Å². The molecule has 1 aliphatic carbocycles. The SMILES string of the molecule is Cc1cc(-c2nc3cc(N[C@H](C(=O)O)C4CC4)cc4c3n2CCCO4)nc(CO)n1. The number of hydrogen-bond donors (Lipinski definition) is 3. The molecular weight excluding hydrogens is 386 g/mol. The van der Waals surface area contributed by atoms with Gasteiger partial charge in [0.15, 0.2) is 11.6 Å². The van der Waals surface area contributed by atoms with Gasteiger partial charge in [-0.15, -0.1) is 0 Å². The van der Waals surface area contributed by atoms with E-state index in [2.05, 4.69) is 19.9 Å². The Morgan fingerprint density at radius 2 is 2.13 bits per heavy atom. The predicted molar refractivity (Wildman–Crippen MR) is 109 cm³/mol. The number of carboxylic acid groups (broad SMARTS) is 1. The summed E-state index contributed by atoms with van der Waals surface area (Å²) >= 11 is 0. The van der Waals surface area contributed by atoms with Gasteiger partial charge in [0, 0.05) is 24.0 Å². The van der Waals surface area contributed by atoms with Crippen molar-refractivity contribution in [3.8, 4) is 17.3 Å². The molecule has 9 heteroatoms. The number of aryl methyl sites for hydroxylation is 2. The highest BCUT2D eigenvalue weighted by atomic mass is 16.5. The molecule has 5 rings (SSSR count). The van der Waals surface area contributed by atoms with E-state index >= 15 is 0 Å². The number of carbonyl (C=O) groups is 1. The molecule has 30 heavy (non-hydrogen) atoms. The molecule has 2 aromatic heterocycles. The Kier molecular flexibility index (Phi) is 4.54. The summed E-state index contributed by atoms with van der Waals surface area (Å²) in [5, 5.41) is 22.2. The van der Waals surface area contributed by atoms with Crippen LogP contribution in [0.25, 0.3) is 22.6 Å². The van der Waals surface area contributed by atoms with Gasteiger partial charge in [0.05, 0.1) is 12.1 Å². The molecular formula is C21H23N5O4. The van der Waals surface area contributed by atoms with Crippen molar-refractivity contribution in [1.29, 1.82) is 0 Å². The monoisotopic (exact) mass is 409 g/mol. The number of rotatable bonds is 6. The number of hydrogen-bond acceptors (Lipinski definition) is 7. The Morgan fingerprint density at radius 3 is 2.87 bits per heavy atom. The lowest BCUT2D eigenvalue weighted by Gasteiger charge is -2.16. The average Bonchev–Trinajstić information content (AvgIpc) is 3.51. The minimum absolute atomic E-state index is 0.160. The second kappa shape index (κ2) is 7.24. The minimum atomic E-state index is -0.844. The molecule has 2 aliphatic rings. The minimum Gasteiger partial charge on any atom is -0.491 e. The topological polar surface area (TPSA) is 122 Å². The first-order valence-corrected chi connectivity index (χ1v) is 10.2. The molecule has 3 aromatic rings. The molecule has 1 saturated carbocycles. The summed E-state index contributed by atoms with van der Waals surface area (Å²) in [5.74, 6) is 1.03. The largest absolute Gasteiger partial charge is 0.491 e. The molecule has 0 saturated heterocycles. The van der Waals surface area contributed by atoms with Crippen LogP contribution in [0, 0.1) is 12.8 Å². The van der Waals surface area contributed by atoms with E-state index in [1.165, 1.54) is 0 Å². The number of ether oxygens (including phenoxy) is 1. The van der Waals surface area contributed by atoms with E-state index in [0.717, 1.165) is 37.0 Å². The van der Waals surface area contributed by atoms with Crippen LogP contribution in [0.2, 0.25) is 0 Å². The van der Waals surface area contributed by atoms with E-state index < -0.39 is 12.0 Å². The molecule has 0 bridgehead atoms. The summed E-state index contributed by atoms with van der Waals surface area (Å²) in [7, 11) is 0. The number of benzene rings is 1. The molecule has 0 spiro atoms. The van der Waals surface area contributed by atoms with Crippen molar-refractivity contribution in [3.05, 3.63) is 29.7 Å². The maximum Gasteiger partial charge on any atom is 0.326 e. The van der Waals surface area contributed by atoms with Crippen molar-refractivity contribution in [2.75, 3.05) is 11.9 Å². The number of anilines is 1. The Morgan fingerprint density at radius 1 is 1.30 bits per heavy atom. The first kappa shape index (κ1) is 18.8. The van der Waals surface area contributed by atoms with Crippen molar-refractivity contribution in [2.24, 2.45) is 5.92 Å². The van der Waals surface area contributed by atoms with Crippen LogP contribution in [0.1, 0.15) is 30.8 Å². The van der Waals surface area contributed by atoms with Gasteiger partial charge in [-0.1, -0.05) is 0 Å². The van der Waals surface area contributed by atoms with Gasteiger partial charge in [0.25, 0.3) is 0 Å². The number of carboxylic acids is 1. The fraction of sp³-hybridized carbons (Fsp3) is 0.429. The smallest absolute Gasteiger partial charge is 0.326 e. The predicted octanol–water partition coefficient (Wildman–Crippen LogP) is 2.35. The Balaban J connectivity index is 1.63. The second-order valence-electron chi connectivity index (χ2n) is 7.90. The quantitative estimate of drug-likeness (QED) is 0.567. The zero-order chi connectivity index (χ0) is 20.8. The number of aliphatic hydroxyl groups is 1. The zero-order valence-electron chi connectivity index (χ0n) is 16.6. The van der Waals surface area contributed by atoms with Crippen LogP contribution in [0.5, 0.6) is 5.75 Å². The third-order valence-electron chi connectivity index (χ3n) is 5.54. The molecule has 3 heterocycles. The Hall–Kier alpha value is -3.20. The average molecular weight is 409 g/mol. The van der Waals surface area contributed by atoms with E-state index in [1.54, 1.807) is 0 Å². The highest BCUT2D eigenvalue weighted by Crippen LogP contribution is 2.38. The van der Waals surface area contributed by atoms with Crippen LogP contribution in [0.3, 0.4) is 0 Å². The standard InChI is InChI=1S/C21H23N5O4/c1-11-7-15(24-17(10-27)22-11)20-25-14-8-13(23-18(21(28)29)12-3-4-12)9-16-19(14)26(20)5-2-6-30-16/h7-9,12,18,23,27H,2-6,10H2,1H3,(H,28,29)/t18-/m0/s1. The molecule has 9 nitrogen and oxygen atoms in total. The molecule has 156 valence electrons. The van der Waals surface area contributed by atoms with Crippen molar-refractivity contribution >= 4 is 22.7 Å². The number of nitrogens with one attached hydrogen (secondary N) is 1. The Labute approximate surface area is 172 Å². The van der Waals surface area contributed by atoms with Crippen LogP contribution in [0.4, 0.5) is 5.69 Å². The number of nitrogens with zero attached hydrogens (tertiary/aromatic N) is 4. The van der Waals surface area contributed by atoms with Crippen LogP contribution in [-0.2, 0) is 17.9 Å². The maximum atomic E-state index is 11.7. The van der Waals surface area contributed by atoms with Crippen molar-refractivity contribution < 1.29 is 19.7 Å². The van der Waals surface area contributed by atoms with Crippen molar-refractivity contribution in [2.45, 2.75) is 45.4 Å². The Bertz CT molecular complexity index is 1140. The molecule has 1 aromatic carbocycles. The number of aliphatic hydroxyl groups excluding tert-OH is 1. The van der Waals surface area contributed by atoms with Gasteiger partial charge in [-0.3, -0.25) is 0 Å². The van der Waals surface area contributed by atoms with Crippen LogP contribution < -0.4 is 10.1 Å². The first-order valence-electron chi connectivity index (χ1n) is 10.2. The van der Waals surface area contributed by atoms with Gasteiger partial charge in [-0.05, 0) is 44.2 Å². The molecule has 1 aliphatic heterocycles. The van der Waals surface area contributed by atoms with Crippen LogP contribution in [-0.4, -0.2) is 48.4 Å². The number of aliphatic carboxylic acids is 1. The van der Waals surface area contributed by atoms with E-state index in [4.69, 9.17) is 9.72 Å². The van der Waals surface area contributed by atoms with Gasteiger partial charge in [0.1, 0.15) is 29.6 Å². The van der Waals surface area contributed by atoms with Gasteiger partial charge >= 0.3 is 5.97 Å². The van der Waals surface area contributed by atoms with Gasteiger partial charge < -0.3 is 24.8 Å². The molecule has 3 N–H and O–H groups in total. The number of imidazole rings is 1. The lowest BCUT2D eigenvalue weighted by Crippen LogP contribution is -2.31. The second-order valence-corrected chi connectivity index (χ2v) is 7.90. The van der Waals surface area contributed by atoms with Crippen LogP contribution in [0.15, 0.2) is 18.2 Å². The van der Waals surface area contributed by atoms with Gasteiger partial charge in [0.2, 0.25) is 0 Å². The van der Waals surface area contributed by atoms with E-state index in [1.807, 2.05) is 25.1 Å². The van der Waals surface area contributed by atoms with Crippen molar-refractivity contribution in [3.63, 3.8) is 0 Å². The molecule has 0 radical (unpaired) electrons. The summed E-state index contributed by atoms with van der Waals surface area (Å²) in [6.45, 7) is 2.91. The first-order chi connectivity index (χ1) is 14.5. The lowest BCUT2D eigenvalue weighted by atomic mass is 10.1. The summed E-state index contributed by atoms with van der Waals surface area (Å²) < 4.78 is 8.06. The fourth-order valence-electron chi connectivity index (χ4n) is 4.05. The molecule has 0 unspecified atom stereocenters. The highest BCUT2D eigenvalue weighted by Gasteiger charge is 2.36. The molecule has 0 amide bonds. The third-order valence-corrected chi connectivity index (χ3v) is 5.54. The molecule has 1 atom stereocenters. The van der Waals surface area contributed by atoms with E-state index in [0.29, 0.717) is 40.9 Å².